The van der Waals surface area contributed by atoms with Gasteiger partial charge in [-0.25, -0.2) is 13.2 Å². The van der Waals surface area contributed by atoms with Crippen molar-refractivity contribution in [1.29, 1.82) is 0 Å². The van der Waals surface area contributed by atoms with E-state index in [0.717, 1.165) is 43.4 Å². The summed E-state index contributed by atoms with van der Waals surface area (Å²) in [5.41, 5.74) is 2.85. The highest BCUT2D eigenvalue weighted by Crippen LogP contribution is 2.28. The van der Waals surface area contributed by atoms with Crippen LogP contribution in [0.2, 0.25) is 0 Å². The van der Waals surface area contributed by atoms with E-state index >= 15 is 0 Å². The standard InChI is InChI=1S/C31H38N4O7S/c1-42-31(39)27(18-21-6-4-3-5-7-21)33-30(38)22-8-11-25(12-9-22)35-16-14-24(15-17-35)32-20-29(37)23-10-13-28(36)26(19-23)34-43(2,40)41/h3-13,19,24,27,29,32,34,36-37H,14-18,20H2,1-2H3,(H,33,38)/t27-,29?/m0/s1. The summed E-state index contributed by atoms with van der Waals surface area (Å²) in [6.45, 7) is 1.83. The van der Waals surface area contributed by atoms with Gasteiger partial charge in [-0.15, -0.1) is 0 Å². The van der Waals surface area contributed by atoms with Crippen LogP contribution >= 0.6 is 0 Å². The van der Waals surface area contributed by atoms with Crippen molar-refractivity contribution in [2.75, 3.05) is 42.6 Å². The molecule has 1 amide bonds. The second-order valence-corrected chi connectivity index (χ2v) is 12.4. The zero-order chi connectivity index (χ0) is 31.0. The molecule has 1 unspecified atom stereocenters. The van der Waals surface area contributed by atoms with Crippen LogP contribution < -0.4 is 20.3 Å². The predicted octanol–water partition coefficient (Wildman–Crippen LogP) is 2.57. The summed E-state index contributed by atoms with van der Waals surface area (Å²) < 4.78 is 30.2. The van der Waals surface area contributed by atoms with Crippen LogP contribution in [0.3, 0.4) is 0 Å². The van der Waals surface area contributed by atoms with Gasteiger partial charge in [-0.3, -0.25) is 9.52 Å². The molecule has 12 heteroatoms. The zero-order valence-electron chi connectivity index (χ0n) is 24.2. The molecule has 0 bridgehead atoms. The monoisotopic (exact) mass is 610 g/mol. The molecule has 0 radical (unpaired) electrons. The lowest BCUT2D eigenvalue weighted by molar-refractivity contribution is -0.142. The lowest BCUT2D eigenvalue weighted by atomic mass is 10.0. The summed E-state index contributed by atoms with van der Waals surface area (Å²) in [7, 11) is -2.27. The molecule has 1 aliphatic rings. The Morgan fingerprint density at radius 2 is 1.70 bits per heavy atom. The van der Waals surface area contributed by atoms with Crippen LogP contribution in [-0.2, 0) is 26.0 Å². The van der Waals surface area contributed by atoms with Crippen molar-refractivity contribution >= 4 is 33.3 Å². The second kappa shape index (κ2) is 14.4. The Hall–Kier alpha value is -4.13. The number of anilines is 2. The summed E-state index contributed by atoms with van der Waals surface area (Å²) in [5, 5.41) is 26.7. The Bertz CT molecular complexity index is 1490. The van der Waals surface area contributed by atoms with E-state index in [1.165, 1.54) is 19.2 Å². The Morgan fingerprint density at radius 1 is 1.02 bits per heavy atom. The molecule has 43 heavy (non-hydrogen) atoms. The number of carbonyl (C=O) groups excluding carboxylic acids is 2. The largest absolute Gasteiger partial charge is 0.506 e. The van der Waals surface area contributed by atoms with Crippen LogP contribution in [0.1, 0.15) is 40.4 Å². The molecule has 5 N–H and O–H groups in total. The third-order valence-corrected chi connectivity index (χ3v) is 7.95. The van der Waals surface area contributed by atoms with Crippen LogP contribution in [-0.4, -0.2) is 75.6 Å². The number of esters is 1. The number of ether oxygens (including phenoxy) is 1. The van der Waals surface area contributed by atoms with Crippen LogP contribution in [0.15, 0.2) is 72.8 Å². The summed E-state index contributed by atoms with van der Waals surface area (Å²) in [4.78, 5) is 27.4. The van der Waals surface area contributed by atoms with Gasteiger partial charge in [-0.2, -0.15) is 0 Å². The summed E-state index contributed by atoms with van der Waals surface area (Å²) in [6, 6.07) is 20.4. The second-order valence-electron chi connectivity index (χ2n) is 10.6. The fourth-order valence-corrected chi connectivity index (χ4v) is 5.59. The lowest BCUT2D eigenvalue weighted by Gasteiger charge is -2.34. The first-order valence-corrected chi connectivity index (χ1v) is 15.9. The number of rotatable bonds is 12. The van der Waals surface area contributed by atoms with Crippen LogP contribution in [0.25, 0.3) is 0 Å². The number of hydrogen-bond acceptors (Lipinski definition) is 9. The van der Waals surface area contributed by atoms with Gasteiger partial charge in [0.15, 0.2) is 0 Å². The molecule has 0 aliphatic carbocycles. The molecule has 0 saturated carbocycles. The fourth-order valence-electron chi connectivity index (χ4n) is 5.03. The van der Waals surface area contributed by atoms with Crippen molar-refractivity contribution in [2.45, 2.75) is 37.5 Å². The molecule has 3 aromatic carbocycles. The van der Waals surface area contributed by atoms with Gasteiger partial charge >= 0.3 is 5.97 Å². The average Bonchev–Trinajstić information content (AvgIpc) is 3.00. The first-order valence-electron chi connectivity index (χ1n) is 14.0. The molecule has 1 fully saturated rings. The zero-order valence-corrected chi connectivity index (χ0v) is 25.0. The van der Waals surface area contributed by atoms with Crippen LogP contribution in [0.4, 0.5) is 11.4 Å². The number of benzene rings is 3. The number of piperidine rings is 1. The van der Waals surface area contributed by atoms with E-state index in [4.69, 9.17) is 4.74 Å². The highest BCUT2D eigenvalue weighted by Gasteiger charge is 2.24. The van der Waals surface area contributed by atoms with E-state index in [1.54, 1.807) is 18.2 Å². The predicted molar refractivity (Wildman–Crippen MR) is 165 cm³/mol. The minimum absolute atomic E-state index is 0.0197. The van der Waals surface area contributed by atoms with Crippen molar-refractivity contribution in [3.05, 3.63) is 89.5 Å². The number of hydrogen-bond donors (Lipinski definition) is 5. The van der Waals surface area contributed by atoms with Crippen molar-refractivity contribution < 1.29 is 33.0 Å². The summed E-state index contributed by atoms with van der Waals surface area (Å²) >= 11 is 0. The SMILES string of the molecule is COC(=O)[C@H](Cc1ccccc1)NC(=O)c1ccc(N2CCC(NCC(O)c3ccc(O)c(NS(C)(=O)=O)c3)CC2)cc1. The van der Waals surface area contributed by atoms with E-state index in [1.807, 2.05) is 42.5 Å². The van der Waals surface area contributed by atoms with E-state index in [9.17, 15) is 28.2 Å². The van der Waals surface area contributed by atoms with Gasteiger partial charge in [-0.1, -0.05) is 36.4 Å². The van der Waals surface area contributed by atoms with Gasteiger partial charge < -0.3 is 30.5 Å². The van der Waals surface area contributed by atoms with Crippen molar-refractivity contribution in [1.82, 2.24) is 10.6 Å². The molecule has 0 spiro atoms. The van der Waals surface area contributed by atoms with E-state index in [-0.39, 0.29) is 29.9 Å². The smallest absolute Gasteiger partial charge is 0.328 e. The van der Waals surface area contributed by atoms with Gasteiger partial charge in [0.05, 0.1) is 25.2 Å². The maximum atomic E-state index is 12.9. The Labute approximate surface area is 251 Å². The number of amides is 1. The minimum Gasteiger partial charge on any atom is -0.506 e. The summed E-state index contributed by atoms with van der Waals surface area (Å²) in [5.74, 6) is -1.08. The Balaban J connectivity index is 1.26. The number of nitrogens with one attached hydrogen (secondary N) is 3. The molecule has 2 atom stereocenters. The molecular formula is C31H38N4O7S. The number of phenols is 1. The first-order chi connectivity index (χ1) is 20.5. The fraction of sp³-hybridized carbons (Fsp3) is 0.355. The third-order valence-electron chi connectivity index (χ3n) is 7.36. The first kappa shape index (κ1) is 31.8. The molecule has 0 aromatic heterocycles. The maximum absolute atomic E-state index is 12.9. The number of aliphatic hydroxyl groups is 1. The number of aromatic hydroxyl groups is 1. The maximum Gasteiger partial charge on any atom is 0.328 e. The average molecular weight is 611 g/mol. The Morgan fingerprint density at radius 3 is 2.33 bits per heavy atom. The van der Waals surface area contributed by atoms with Crippen LogP contribution in [0, 0.1) is 0 Å². The van der Waals surface area contributed by atoms with Crippen molar-refractivity contribution in [3.63, 3.8) is 0 Å². The molecule has 230 valence electrons. The van der Waals surface area contributed by atoms with Gasteiger partial charge in [0.2, 0.25) is 10.0 Å². The number of phenolic OH excluding ortho intramolecular Hbond substituents is 1. The van der Waals surface area contributed by atoms with Gasteiger partial charge in [0, 0.05) is 43.3 Å². The molecule has 11 nitrogen and oxygen atoms in total. The number of aliphatic hydroxyl groups excluding tert-OH is 1. The molecule has 1 saturated heterocycles. The van der Waals surface area contributed by atoms with Gasteiger partial charge in [-0.05, 0) is 60.4 Å². The molecule has 4 rings (SSSR count). The number of sulfonamides is 1. The number of carbonyl (C=O) groups is 2. The number of nitrogens with zero attached hydrogens (tertiary/aromatic N) is 1. The molecule has 1 heterocycles. The molecular weight excluding hydrogens is 572 g/mol. The van der Waals surface area contributed by atoms with E-state index in [2.05, 4.69) is 20.3 Å². The minimum atomic E-state index is -3.58. The van der Waals surface area contributed by atoms with Gasteiger partial charge in [0.25, 0.3) is 5.91 Å². The highest BCUT2D eigenvalue weighted by molar-refractivity contribution is 7.92. The van der Waals surface area contributed by atoms with Crippen molar-refractivity contribution in [3.8, 4) is 5.75 Å². The number of methoxy groups -OCH3 is 1. The van der Waals surface area contributed by atoms with E-state index < -0.39 is 28.1 Å². The van der Waals surface area contributed by atoms with Gasteiger partial charge in [0.1, 0.15) is 11.8 Å². The lowest BCUT2D eigenvalue weighted by Crippen LogP contribution is -2.44. The molecule has 3 aromatic rings. The van der Waals surface area contributed by atoms with Crippen molar-refractivity contribution in [2.24, 2.45) is 0 Å². The normalized spacial score (nSPS) is 15.4. The molecule has 1 aliphatic heterocycles. The van der Waals surface area contributed by atoms with Crippen LogP contribution in [0.5, 0.6) is 5.75 Å². The quantitative estimate of drug-likeness (QED) is 0.154. The topological polar surface area (TPSA) is 157 Å². The Kier molecular flexibility index (Phi) is 10.6. The highest BCUT2D eigenvalue weighted by atomic mass is 32.2. The third kappa shape index (κ3) is 9.18. The van der Waals surface area contributed by atoms with E-state index in [0.29, 0.717) is 17.5 Å². The summed E-state index contributed by atoms with van der Waals surface area (Å²) in [6.07, 6.45) is 2.11.